The lowest BCUT2D eigenvalue weighted by molar-refractivity contribution is -0.140. The molecular formula is C28H48N2O8. The van der Waals surface area contributed by atoms with Crippen molar-refractivity contribution in [3.63, 3.8) is 0 Å². The first-order valence-electron chi connectivity index (χ1n) is 13.6. The van der Waals surface area contributed by atoms with E-state index >= 15 is 0 Å². The summed E-state index contributed by atoms with van der Waals surface area (Å²) in [4.78, 5) is 45.9. The van der Waals surface area contributed by atoms with Gasteiger partial charge in [-0.15, -0.1) is 0 Å². The van der Waals surface area contributed by atoms with Crippen LogP contribution in [0, 0.1) is 0 Å². The summed E-state index contributed by atoms with van der Waals surface area (Å²) >= 11 is 0. The molecule has 0 aliphatic rings. The minimum atomic E-state index is -0.466. The van der Waals surface area contributed by atoms with Crippen LogP contribution in [0.1, 0.15) is 78.1 Å². The highest BCUT2D eigenvalue weighted by molar-refractivity contribution is 5.87. The maximum atomic E-state index is 11.8. The van der Waals surface area contributed by atoms with Crippen LogP contribution in [-0.4, -0.2) is 76.5 Å². The first-order valence-corrected chi connectivity index (χ1v) is 13.6. The molecule has 2 N–H and O–H groups in total. The van der Waals surface area contributed by atoms with Crippen molar-refractivity contribution in [2.75, 3.05) is 52.7 Å². The van der Waals surface area contributed by atoms with Crippen molar-refractivity contribution in [2.24, 2.45) is 0 Å². The van der Waals surface area contributed by atoms with E-state index in [2.05, 4.69) is 23.8 Å². The smallest absolute Gasteiger partial charge is 0.333 e. The average molecular weight is 541 g/mol. The van der Waals surface area contributed by atoms with Crippen LogP contribution >= 0.6 is 0 Å². The number of hydrogen-bond acceptors (Lipinski definition) is 8. The number of nitrogens with one attached hydrogen (secondary N) is 2. The number of esters is 2. The molecule has 0 saturated carbocycles. The zero-order valence-electron chi connectivity index (χ0n) is 23.4. The molecule has 0 radical (unpaired) electrons. The van der Waals surface area contributed by atoms with Gasteiger partial charge in [-0.25, -0.2) is 14.4 Å². The number of unbranched alkanes of at least 4 members (excludes halogenated alkanes) is 4. The molecule has 0 unspecified atom stereocenters. The SMILES string of the molecule is C=C(C)C(=O)OCCCC(=O)CCCCCOCCCCOCCCCNC(=O)NCCOC(=O)C(=C)C. The quantitative estimate of drug-likeness (QED) is 0.101. The molecule has 0 heterocycles. The Morgan fingerprint density at radius 2 is 1.03 bits per heavy atom. The highest BCUT2D eigenvalue weighted by atomic mass is 16.5. The van der Waals surface area contributed by atoms with Gasteiger partial charge in [0.1, 0.15) is 12.4 Å². The first-order chi connectivity index (χ1) is 18.2. The molecule has 0 aromatic rings. The summed E-state index contributed by atoms with van der Waals surface area (Å²) in [5.74, 6) is -0.671. The van der Waals surface area contributed by atoms with Crippen LogP contribution in [0.4, 0.5) is 4.79 Å². The summed E-state index contributed by atoms with van der Waals surface area (Å²) in [6.07, 6.45) is 7.86. The number of Topliss-reactive ketones (excluding diaryl/α,β-unsaturated/α-hetero) is 1. The lowest BCUT2D eigenvalue weighted by Crippen LogP contribution is -2.38. The van der Waals surface area contributed by atoms with E-state index in [0.717, 1.165) is 44.9 Å². The molecule has 0 aliphatic carbocycles. The van der Waals surface area contributed by atoms with E-state index < -0.39 is 11.9 Å². The van der Waals surface area contributed by atoms with Crippen molar-refractivity contribution >= 4 is 23.8 Å². The number of amides is 2. The Balaban J connectivity index is 3.30. The molecule has 10 heteroatoms. The Kier molecular flexibility index (Phi) is 22.8. The van der Waals surface area contributed by atoms with Crippen molar-refractivity contribution < 1.29 is 38.1 Å². The van der Waals surface area contributed by atoms with Gasteiger partial charge in [-0.2, -0.15) is 0 Å². The van der Waals surface area contributed by atoms with Gasteiger partial charge >= 0.3 is 18.0 Å². The number of ketones is 1. The van der Waals surface area contributed by atoms with Gasteiger partial charge in [-0.3, -0.25) is 4.79 Å². The molecule has 0 spiro atoms. The largest absolute Gasteiger partial charge is 0.462 e. The number of hydrogen-bond donors (Lipinski definition) is 2. The van der Waals surface area contributed by atoms with E-state index in [9.17, 15) is 19.2 Å². The van der Waals surface area contributed by atoms with Crippen LogP contribution < -0.4 is 10.6 Å². The van der Waals surface area contributed by atoms with Crippen molar-refractivity contribution in [3.05, 3.63) is 24.3 Å². The molecule has 218 valence electrons. The van der Waals surface area contributed by atoms with Crippen molar-refractivity contribution in [1.82, 2.24) is 10.6 Å². The van der Waals surface area contributed by atoms with E-state index in [4.69, 9.17) is 18.9 Å². The summed E-state index contributed by atoms with van der Waals surface area (Å²) in [7, 11) is 0. The average Bonchev–Trinajstić information content (AvgIpc) is 2.88. The molecule has 2 amide bonds. The lowest BCUT2D eigenvalue weighted by atomic mass is 10.1. The summed E-state index contributed by atoms with van der Waals surface area (Å²) < 4.78 is 21.1. The Hall–Kier alpha value is -2.72. The number of carbonyl (C=O) groups is 4. The van der Waals surface area contributed by atoms with Gasteiger partial charge in [-0.1, -0.05) is 19.6 Å². The van der Waals surface area contributed by atoms with Crippen molar-refractivity contribution in [2.45, 2.75) is 78.1 Å². The van der Waals surface area contributed by atoms with E-state index in [-0.39, 0.29) is 31.6 Å². The van der Waals surface area contributed by atoms with Crippen LogP contribution in [-0.2, 0) is 33.3 Å². The summed E-state index contributed by atoms with van der Waals surface area (Å²) in [5.41, 5.74) is 0.696. The second-order valence-corrected chi connectivity index (χ2v) is 9.11. The molecule has 0 atom stereocenters. The molecule has 38 heavy (non-hydrogen) atoms. The number of rotatable bonds is 25. The van der Waals surface area contributed by atoms with Crippen LogP contribution in [0.2, 0.25) is 0 Å². The predicted molar refractivity (Wildman–Crippen MR) is 146 cm³/mol. The highest BCUT2D eigenvalue weighted by Crippen LogP contribution is 2.05. The zero-order chi connectivity index (χ0) is 28.4. The van der Waals surface area contributed by atoms with Gasteiger partial charge in [0.15, 0.2) is 0 Å². The van der Waals surface area contributed by atoms with Crippen molar-refractivity contribution in [1.29, 1.82) is 0 Å². The molecule has 0 aromatic carbocycles. The molecule has 0 saturated heterocycles. The molecular weight excluding hydrogens is 492 g/mol. The van der Waals surface area contributed by atoms with Gasteiger partial charge in [0.2, 0.25) is 0 Å². The Morgan fingerprint density at radius 3 is 1.61 bits per heavy atom. The molecule has 0 aromatic heterocycles. The Labute approximate surface area is 227 Å². The summed E-state index contributed by atoms with van der Waals surface area (Å²) in [6, 6.07) is -0.290. The Bertz CT molecular complexity index is 664. The third kappa shape index (κ3) is 23.7. The van der Waals surface area contributed by atoms with E-state index in [1.807, 2.05) is 0 Å². The van der Waals surface area contributed by atoms with E-state index in [1.54, 1.807) is 13.8 Å². The monoisotopic (exact) mass is 540 g/mol. The van der Waals surface area contributed by atoms with E-state index in [1.165, 1.54) is 0 Å². The van der Waals surface area contributed by atoms with Crippen LogP contribution in [0.25, 0.3) is 0 Å². The minimum Gasteiger partial charge on any atom is -0.462 e. The van der Waals surface area contributed by atoms with Crippen LogP contribution in [0.3, 0.4) is 0 Å². The zero-order valence-corrected chi connectivity index (χ0v) is 23.4. The highest BCUT2D eigenvalue weighted by Gasteiger charge is 2.06. The lowest BCUT2D eigenvalue weighted by Gasteiger charge is -2.08. The third-order valence-corrected chi connectivity index (χ3v) is 5.22. The number of urea groups is 1. The summed E-state index contributed by atoms with van der Waals surface area (Å²) in [6.45, 7) is 14.1. The van der Waals surface area contributed by atoms with Crippen molar-refractivity contribution in [3.8, 4) is 0 Å². The molecule has 0 rings (SSSR count). The van der Waals surface area contributed by atoms with Crippen LogP contribution in [0.15, 0.2) is 24.3 Å². The van der Waals surface area contributed by atoms with Crippen LogP contribution in [0.5, 0.6) is 0 Å². The predicted octanol–water partition coefficient (Wildman–Crippen LogP) is 4.03. The molecule has 0 aliphatic heterocycles. The fraction of sp³-hybridized carbons (Fsp3) is 0.714. The first kappa shape index (κ1) is 35.3. The van der Waals surface area contributed by atoms with E-state index in [0.29, 0.717) is 63.4 Å². The topological polar surface area (TPSA) is 129 Å². The second-order valence-electron chi connectivity index (χ2n) is 9.11. The Morgan fingerprint density at radius 1 is 0.553 bits per heavy atom. The molecule has 0 bridgehead atoms. The van der Waals surface area contributed by atoms with Gasteiger partial charge < -0.3 is 29.6 Å². The maximum Gasteiger partial charge on any atom is 0.333 e. The molecule has 0 fully saturated rings. The standard InChI is InChI=1S/C28H48N2O8/c1-23(2)26(32)37-21-12-14-25(31)13-6-5-8-17-35-19-10-11-20-36-18-9-7-15-29-28(34)30-16-22-38-27(33)24(3)4/h1,3,5-22H2,2,4H3,(H2,29,30,34). The van der Waals surface area contributed by atoms with Gasteiger partial charge in [-0.05, 0) is 58.8 Å². The van der Waals surface area contributed by atoms with Gasteiger partial charge in [0, 0.05) is 57.0 Å². The van der Waals surface area contributed by atoms with Gasteiger partial charge in [0.05, 0.1) is 13.2 Å². The third-order valence-electron chi connectivity index (χ3n) is 5.22. The minimum absolute atomic E-state index is 0.111. The maximum absolute atomic E-state index is 11.8. The normalized spacial score (nSPS) is 10.5. The fourth-order valence-electron chi connectivity index (χ4n) is 3.02. The second kappa shape index (κ2) is 24.6. The fourth-order valence-corrected chi connectivity index (χ4v) is 3.02. The van der Waals surface area contributed by atoms with Gasteiger partial charge in [0.25, 0.3) is 0 Å². The number of carbonyl (C=O) groups excluding carboxylic acids is 4. The summed E-state index contributed by atoms with van der Waals surface area (Å²) in [5, 5.41) is 5.36. The molecule has 10 nitrogen and oxygen atoms in total. The number of ether oxygens (including phenoxy) is 4.